The van der Waals surface area contributed by atoms with Gasteiger partial charge in [-0.15, -0.1) is 0 Å². The van der Waals surface area contributed by atoms with Crippen LogP contribution in [0.25, 0.3) is 0 Å². The van der Waals surface area contributed by atoms with E-state index < -0.39 is 0 Å². The summed E-state index contributed by atoms with van der Waals surface area (Å²) in [6.07, 6.45) is 2.45. The van der Waals surface area contributed by atoms with Gasteiger partial charge in [0.25, 0.3) is 0 Å². The molecule has 0 bridgehead atoms. The van der Waals surface area contributed by atoms with Gasteiger partial charge in [-0.05, 0) is 32.9 Å². The Hall–Kier alpha value is -0.340. The van der Waals surface area contributed by atoms with Crippen molar-refractivity contribution in [3.63, 3.8) is 0 Å². The molecule has 0 aliphatic heterocycles. The molecular formula is C12H25NO. The van der Waals surface area contributed by atoms with Gasteiger partial charge >= 0.3 is 0 Å². The molecule has 84 valence electrons. The van der Waals surface area contributed by atoms with E-state index in [1.54, 1.807) is 0 Å². The van der Waals surface area contributed by atoms with E-state index in [1.165, 1.54) is 25.9 Å². The standard InChI is InChI=1S/C12H25NO/c1-5-7-13(8-6-2)9-10-14-11-12(3)4/h3,5-11H2,1-2,4H3. The highest BCUT2D eigenvalue weighted by Crippen LogP contribution is 1.95. The zero-order valence-electron chi connectivity index (χ0n) is 10.0. The summed E-state index contributed by atoms with van der Waals surface area (Å²) in [5.41, 5.74) is 1.10. The van der Waals surface area contributed by atoms with Crippen LogP contribution in [0.3, 0.4) is 0 Å². The van der Waals surface area contributed by atoms with Gasteiger partial charge < -0.3 is 9.64 Å². The minimum absolute atomic E-state index is 0.700. The van der Waals surface area contributed by atoms with Crippen molar-refractivity contribution in [1.82, 2.24) is 4.90 Å². The van der Waals surface area contributed by atoms with Gasteiger partial charge in [0.2, 0.25) is 0 Å². The first kappa shape index (κ1) is 13.7. The van der Waals surface area contributed by atoms with Gasteiger partial charge in [0.1, 0.15) is 0 Å². The average molecular weight is 199 g/mol. The maximum Gasteiger partial charge on any atom is 0.0672 e. The predicted octanol–water partition coefficient (Wildman–Crippen LogP) is 2.70. The monoisotopic (exact) mass is 199 g/mol. The van der Waals surface area contributed by atoms with Crippen LogP contribution >= 0.6 is 0 Å². The van der Waals surface area contributed by atoms with Crippen molar-refractivity contribution in [2.75, 3.05) is 32.8 Å². The second-order valence-corrected chi connectivity index (χ2v) is 3.85. The number of ether oxygens (including phenoxy) is 1. The molecule has 0 aromatic heterocycles. The Morgan fingerprint density at radius 3 is 2.14 bits per heavy atom. The summed E-state index contributed by atoms with van der Waals surface area (Å²) >= 11 is 0. The van der Waals surface area contributed by atoms with Crippen molar-refractivity contribution >= 4 is 0 Å². The Balaban J connectivity index is 3.44. The molecule has 0 aromatic carbocycles. The van der Waals surface area contributed by atoms with Gasteiger partial charge in [0.05, 0.1) is 13.2 Å². The Labute approximate surface area is 88.9 Å². The van der Waals surface area contributed by atoms with E-state index in [0.717, 1.165) is 18.7 Å². The van der Waals surface area contributed by atoms with Crippen molar-refractivity contribution in [3.8, 4) is 0 Å². The van der Waals surface area contributed by atoms with Crippen LogP contribution in [0, 0.1) is 0 Å². The van der Waals surface area contributed by atoms with Gasteiger partial charge in [0.15, 0.2) is 0 Å². The molecular weight excluding hydrogens is 174 g/mol. The van der Waals surface area contributed by atoms with Crippen molar-refractivity contribution < 1.29 is 4.74 Å². The van der Waals surface area contributed by atoms with Gasteiger partial charge in [-0.25, -0.2) is 0 Å². The fraction of sp³-hybridized carbons (Fsp3) is 0.833. The summed E-state index contributed by atoms with van der Waals surface area (Å²) in [5, 5.41) is 0. The van der Waals surface area contributed by atoms with Gasteiger partial charge in [-0.2, -0.15) is 0 Å². The van der Waals surface area contributed by atoms with Crippen LogP contribution in [0.4, 0.5) is 0 Å². The second kappa shape index (κ2) is 9.22. The topological polar surface area (TPSA) is 12.5 Å². The van der Waals surface area contributed by atoms with Crippen molar-refractivity contribution in [2.24, 2.45) is 0 Å². The largest absolute Gasteiger partial charge is 0.376 e. The van der Waals surface area contributed by atoms with Crippen LogP contribution in [0.1, 0.15) is 33.6 Å². The molecule has 0 aliphatic carbocycles. The molecule has 0 N–H and O–H groups in total. The number of hydrogen-bond acceptors (Lipinski definition) is 2. The van der Waals surface area contributed by atoms with Gasteiger partial charge in [-0.1, -0.05) is 26.0 Å². The summed E-state index contributed by atoms with van der Waals surface area (Å²) < 4.78 is 5.48. The lowest BCUT2D eigenvalue weighted by Crippen LogP contribution is -2.29. The van der Waals surface area contributed by atoms with E-state index in [0.29, 0.717) is 6.61 Å². The van der Waals surface area contributed by atoms with Crippen LogP contribution in [0.15, 0.2) is 12.2 Å². The molecule has 0 heterocycles. The maximum atomic E-state index is 5.48. The molecule has 0 rings (SSSR count). The third-order valence-corrected chi connectivity index (χ3v) is 1.98. The Morgan fingerprint density at radius 2 is 1.71 bits per heavy atom. The van der Waals surface area contributed by atoms with Crippen molar-refractivity contribution in [3.05, 3.63) is 12.2 Å². The molecule has 0 atom stereocenters. The number of nitrogens with zero attached hydrogens (tertiary/aromatic N) is 1. The summed E-state index contributed by atoms with van der Waals surface area (Å²) in [7, 11) is 0. The Bertz CT molecular complexity index is 139. The van der Waals surface area contributed by atoms with Crippen LogP contribution in [0.2, 0.25) is 0 Å². The zero-order valence-corrected chi connectivity index (χ0v) is 10.0. The molecule has 2 heteroatoms. The molecule has 0 spiro atoms. The molecule has 0 saturated carbocycles. The highest BCUT2D eigenvalue weighted by molar-refractivity contribution is 4.87. The lowest BCUT2D eigenvalue weighted by atomic mass is 10.3. The Morgan fingerprint density at radius 1 is 1.14 bits per heavy atom. The second-order valence-electron chi connectivity index (χ2n) is 3.85. The lowest BCUT2D eigenvalue weighted by Gasteiger charge is -2.20. The van der Waals surface area contributed by atoms with E-state index in [-0.39, 0.29) is 0 Å². The smallest absolute Gasteiger partial charge is 0.0672 e. The normalized spacial score (nSPS) is 10.9. The molecule has 2 nitrogen and oxygen atoms in total. The van der Waals surface area contributed by atoms with E-state index in [1.807, 2.05) is 6.92 Å². The molecule has 0 radical (unpaired) electrons. The van der Waals surface area contributed by atoms with Crippen molar-refractivity contribution in [2.45, 2.75) is 33.6 Å². The van der Waals surface area contributed by atoms with Crippen LogP contribution in [0.5, 0.6) is 0 Å². The highest BCUT2D eigenvalue weighted by Gasteiger charge is 2.01. The summed E-state index contributed by atoms with van der Waals surface area (Å²) in [6, 6.07) is 0. The van der Waals surface area contributed by atoms with E-state index >= 15 is 0 Å². The van der Waals surface area contributed by atoms with Crippen LogP contribution < -0.4 is 0 Å². The van der Waals surface area contributed by atoms with Gasteiger partial charge in [0, 0.05) is 6.54 Å². The molecule has 0 unspecified atom stereocenters. The van der Waals surface area contributed by atoms with Crippen LogP contribution in [-0.2, 0) is 4.74 Å². The van der Waals surface area contributed by atoms with Gasteiger partial charge in [-0.3, -0.25) is 0 Å². The molecule has 0 fully saturated rings. The number of rotatable bonds is 9. The fourth-order valence-electron chi connectivity index (χ4n) is 1.41. The van der Waals surface area contributed by atoms with Crippen molar-refractivity contribution in [1.29, 1.82) is 0 Å². The minimum atomic E-state index is 0.700. The third-order valence-electron chi connectivity index (χ3n) is 1.98. The molecule has 0 aliphatic rings. The summed E-state index contributed by atoms with van der Waals surface area (Å²) in [4.78, 5) is 2.46. The first-order valence-corrected chi connectivity index (χ1v) is 5.65. The average Bonchev–Trinajstić information content (AvgIpc) is 2.12. The van der Waals surface area contributed by atoms with Crippen LogP contribution in [-0.4, -0.2) is 37.7 Å². The maximum absolute atomic E-state index is 5.48. The van der Waals surface area contributed by atoms with E-state index in [2.05, 4.69) is 25.3 Å². The zero-order chi connectivity index (χ0) is 10.8. The van der Waals surface area contributed by atoms with E-state index in [4.69, 9.17) is 4.74 Å². The fourth-order valence-corrected chi connectivity index (χ4v) is 1.41. The SMILES string of the molecule is C=C(C)COCCN(CCC)CCC. The first-order chi connectivity index (χ1) is 6.70. The third kappa shape index (κ3) is 8.27. The van der Waals surface area contributed by atoms with E-state index in [9.17, 15) is 0 Å². The summed E-state index contributed by atoms with van der Waals surface area (Å²) in [5.74, 6) is 0. The first-order valence-electron chi connectivity index (χ1n) is 5.65. The molecule has 0 amide bonds. The number of hydrogen-bond donors (Lipinski definition) is 0. The summed E-state index contributed by atoms with van der Waals surface area (Å²) in [6.45, 7) is 15.2. The quantitative estimate of drug-likeness (QED) is 0.418. The molecule has 0 aromatic rings. The highest BCUT2D eigenvalue weighted by atomic mass is 16.5. The Kier molecular flexibility index (Phi) is 9.00. The molecule has 14 heavy (non-hydrogen) atoms. The predicted molar refractivity (Wildman–Crippen MR) is 62.7 cm³/mol. The lowest BCUT2D eigenvalue weighted by molar-refractivity contribution is 0.119. The molecule has 0 saturated heterocycles. The minimum Gasteiger partial charge on any atom is -0.376 e.